The zero-order chi connectivity index (χ0) is 21.0. The minimum atomic E-state index is -0.529. The zero-order valence-corrected chi connectivity index (χ0v) is 17.9. The standard InChI is InChI=1S/C22H26N2O4S/c1-4-28-22(27)17-15(3)18(21(26)24-11-6-5-7-12-24)29-20(17)23-19(25)16-10-8-9-14(2)13-16/h8-10,13H,4-7,11-12H2,1-3H3,(H,23,25). The molecular weight excluding hydrogens is 388 g/mol. The van der Waals surface area contributed by atoms with Gasteiger partial charge in [-0.15, -0.1) is 11.3 Å². The Morgan fingerprint density at radius 3 is 2.52 bits per heavy atom. The molecule has 0 spiro atoms. The van der Waals surface area contributed by atoms with E-state index in [0.29, 0.717) is 21.0 Å². The van der Waals surface area contributed by atoms with E-state index < -0.39 is 5.97 Å². The van der Waals surface area contributed by atoms with Gasteiger partial charge in [0, 0.05) is 18.7 Å². The Kier molecular flexibility index (Phi) is 6.69. The highest BCUT2D eigenvalue weighted by Crippen LogP contribution is 2.35. The number of carbonyl (C=O) groups excluding carboxylic acids is 3. The number of nitrogens with one attached hydrogen (secondary N) is 1. The van der Waals surface area contributed by atoms with Crippen LogP contribution < -0.4 is 5.32 Å². The van der Waals surface area contributed by atoms with Crippen molar-refractivity contribution in [1.82, 2.24) is 4.90 Å². The van der Waals surface area contributed by atoms with Crippen LogP contribution in [0.25, 0.3) is 0 Å². The van der Waals surface area contributed by atoms with Crippen LogP contribution in [-0.2, 0) is 4.74 Å². The minimum Gasteiger partial charge on any atom is -0.462 e. The number of carbonyl (C=O) groups is 3. The van der Waals surface area contributed by atoms with Crippen LogP contribution in [0.2, 0.25) is 0 Å². The quantitative estimate of drug-likeness (QED) is 0.735. The summed E-state index contributed by atoms with van der Waals surface area (Å²) in [6.45, 7) is 7.03. The van der Waals surface area contributed by atoms with E-state index in [1.807, 2.05) is 24.0 Å². The molecule has 2 heterocycles. The van der Waals surface area contributed by atoms with Crippen LogP contribution in [0.3, 0.4) is 0 Å². The van der Waals surface area contributed by atoms with Gasteiger partial charge in [-0.2, -0.15) is 0 Å². The van der Waals surface area contributed by atoms with Crippen LogP contribution in [0, 0.1) is 13.8 Å². The normalized spacial score (nSPS) is 13.8. The molecular formula is C22H26N2O4S. The summed E-state index contributed by atoms with van der Waals surface area (Å²) < 4.78 is 5.19. The van der Waals surface area contributed by atoms with E-state index in [1.165, 1.54) is 0 Å². The lowest BCUT2D eigenvalue weighted by Crippen LogP contribution is -2.35. The van der Waals surface area contributed by atoms with E-state index in [-0.39, 0.29) is 24.0 Å². The van der Waals surface area contributed by atoms with Crippen LogP contribution in [0.1, 0.15) is 67.7 Å². The molecule has 1 N–H and O–H groups in total. The second kappa shape index (κ2) is 9.22. The molecule has 1 aromatic heterocycles. The Morgan fingerprint density at radius 1 is 1.14 bits per heavy atom. The third-order valence-electron chi connectivity index (χ3n) is 4.97. The molecule has 1 aromatic carbocycles. The van der Waals surface area contributed by atoms with Crippen molar-refractivity contribution >= 4 is 34.1 Å². The van der Waals surface area contributed by atoms with E-state index in [1.54, 1.807) is 26.0 Å². The number of hydrogen-bond donors (Lipinski definition) is 1. The molecule has 0 bridgehead atoms. The summed E-state index contributed by atoms with van der Waals surface area (Å²) in [6.07, 6.45) is 3.09. The summed E-state index contributed by atoms with van der Waals surface area (Å²) in [5.74, 6) is -0.940. The van der Waals surface area contributed by atoms with Gasteiger partial charge in [-0.1, -0.05) is 17.7 Å². The lowest BCUT2D eigenvalue weighted by molar-refractivity contribution is 0.0527. The van der Waals surface area contributed by atoms with Crippen molar-refractivity contribution in [3.8, 4) is 0 Å². The number of hydrogen-bond acceptors (Lipinski definition) is 5. The molecule has 0 unspecified atom stereocenters. The van der Waals surface area contributed by atoms with Crippen LogP contribution in [0.15, 0.2) is 24.3 Å². The lowest BCUT2D eigenvalue weighted by atomic mass is 10.1. The van der Waals surface area contributed by atoms with Gasteiger partial charge in [-0.3, -0.25) is 9.59 Å². The molecule has 0 atom stereocenters. The Hall–Kier alpha value is -2.67. The van der Waals surface area contributed by atoms with Crippen molar-refractivity contribution in [1.29, 1.82) is 0 Å². The van der Waals surface area contributed by atoms with Crippen molar-refractivity contribution in [2.75, 3.05) is 25.0 Å². The summed E-state index contributed by atoms with van der Waals surface area (Å²) in [5, 5.41) is 3.17. The van der Waals surface area contributed by atoms with Gasteiger partial charge in [-0.25, -0.2) is 4.79 Å². The van der Waals surface area contributed by atoms with E-state index in [0.717, 1.165) is 49.3 Å². The fourth-order valence-corrected chi connectivity index (χ4v) is 4.61. The number of ether oxygens (including phenoxy) is 1. The molecule has 1 fully saturated rings. The predicted octanol–water partition coefficient (Wildman–Crippen LogP) is 4.42. The third-order valence-corrected chi connectivity index (χ3v) is 6.17. The fourth-order valence-electron chi connectivity index (χ4n) is 3.46. The highest BCUT2D eigenvalue weighted by molar-refractivity contribution is 7.18. The first-order chi connectivity index (χ1) is 13.9. The molecule has 1 saturated heterocycles. The third kappa shape index (κ3) is 4.67. The second-order valence-electron chi connectivity index (χ2n) is 7.16. The van der Waals surface area contributed by atoms with E-state index in [4.69, 9.17) is 4.74 Å². The maximum atomic E-state index is 13.0. The number of likely N-dealkylation sites (tertiary alicyclic amines) is 1. The predicted molar refractivity (Wildman–Crippen MR) is 114 cm³/mol. The van der Waals surface area contributed by atoms with Gasteiger partial charge in [0.2, 0.25) is 0 Å². The van der Waals surface area contributed by atoms with Gasteiger partial charge in [0.1, 0.15) is 5.00 Å². The van der Waals surface area contributed by atoms with Crippen molar-refractivity contribution < 1.29 is 19.1 Å². The first kappa shape index (κ1) is 21.0. The SMILES string of the molecule is CCOC(=O)c1c(NC(=O)c2cccc(C)c2)sc(C(=O)N2CCCCC2)c1C. The smallest absolute Gasteiger partial charge is 0.341 e. The number of thiophene rings is 1. The van der Waals surface area contributed by atoms with Gasteiger partial charge >= 0.3 is 5.97 Å². The molecule has 0 aliphatic carbocycles. The van der Waals surface area contributed by atoms with Gasteiger partial charge in [0.15, 0.2) is 0 Å². The van der Waals surface area contributed by atoms with E-state index >= 15 is 0 Å². The highest BCUT2D eigenvalue weighted by Gasteiger charge is 2.29. The number of benzene rings is 1. The van der Waals surface area contributed by atoms with Gasteiger partial charge in [0.05, 0.1) is 17.0 Å². The lowest BCUT2D eigenvalue weighted by Gasteiger charge is -2.26. The van der Waals surface area contributed by atoms with Crippen LogP contribution in [-0.4, -0.2) is 42.4 Å². The first-order valence-corrected chi connectivity index (χ1v) is 10.7. The maximum Gasteiger partial charge on any atom is 0.341 e. The Morgan fingerprint density at radius 2 is 1.86 bits per heavy atom. The van der Waals surface area contributed by atoms with Crippen LogP contribution >= 0.6 is 11.3 Å². The number of nitrogens with zero attached hydrogens (tertiary/aromatic N) is 1. The highest BCUT2D eigenvalue weighted by atomic mass is 32.1. The van der Waals surface area contributed by atoms with Gasteiger partial charge in [0.25, 0.3) is 11.8 Å². The van der Waals surface area contributed by atoms with Crippen molar-refractivity contribution in [2.45, 2.75) is 40.0 Å². The molecule has 0 saturated carbocycles. The molecule has 3 rings (SSSR count). The average molecular weight is 415 g/mol. The Balaban J connectivity index is 1.95. The monoisotopic (exact) mass is 414 g/mol. The van der Waals surface area contributed by atoms with Crippen LogP contribution in [0.4, 0.5) is 5.00 Å². The summed E-state index contributed by atoms with van der Waals surface area (Å²) in [7, 11) is 0. The number of rotatable bonds is 5. The van der Waals surface area contributed by atoms with E-state index in [2.05, 4.69) is 5.32 Å². The minimum absolute atomic E-state index is 0.0891. The number of esters is 1. The summed E-state index contributed by atoms with van der Waals surface area (Å²) in [4.78, 5) is 40.7. The van der Waals surface area contributed by atoms with Gasteiger partial charge in [-0.05, 0) is 57.7 Å². The summed E-state index contributed by atoms with van der Waals surface area (Å²) in [6, 6.07) is 7.21. The number of aryl methyl sites for hydroxylation is 1. The number of piperidine rings is 1. The second-order valence-corrected chi connectivity index (χ2v) is 8.18. The fraction of sp³-hybridized carbons (Fsp3) is 0.409. The Bertz CT molecular complexity index is 929. The first-order valence-electron chi connectivity index (χ1n) is 9.90. The molecule has 1 aliphatic heterocycles. The molecule has 6 nitrogen and oxygen atoms in total. The average Bonchev–Trinajstić information content (AvgIpc) is 3.04. The van der Waals surface area contributed by atoms with Crippen molar-refractivity contribution in [2.24, 2.45) is 0 Å². The molecule has 7 heteroatoms. The topological polar surface area (TPSA) is 75.7 Å². The Labute approximate surface area is 174 Å². The molecule has 1 aliphatic rings. The number of anilines is 1. The molecule has 29 heavy (non-hydrogen) atoms. The van der Waals surface area contributed by atoms with Crippen molar-refractivity contribution in [3.63, 3.8) is 0 Å². The maximum absolute atomic E-state index is 13.0. The number of amides is 2. The molecule has 2 amide bonds. The van der Waals surface area contributed by atoms with Crippen molar-refractivity contribution in [3.05, 3.63) is 51.4 Å². The molecule has 2 aromatic rings. The largest absolute Gasteiger partial charge is 0.462 e. The zero-order valence-electron chi connectivity index (χ0n) is 17.0. The molecule has 0 radical (unpaired) electrons. The van der Waals surface area contributed by atoms with Crippen LogP contribution in [0.5, 0.6) is 0 Å². The summed E-state index contributed by atoms with van der Waals surface area (Å²) >= 11 is 1.15. The van der Waals surface area contributed by atoms with Gasteiger partial charge < -0.3 is 15.0 Å². The molecule has 154 valence electrons. The summed E-state index contributed by atoms with van der Waals surface area (Å²) in [5.41, 5.74) is 2.28. The van der Waals surface area contributed by atoms with E-state index in [9.17, 15) is 14.4 Å².